The topological polar surface area (TPSA) is 44.1 Å². The number of nitrogens with zero attached hydrogens (tertiary/aromatic N) is 2. The van der Waals surface area contributed by atoms with Crippen molar-refractivity contribution in [2.24, 2.45) is 5.92 Å². The highest BCUT2D eigenvalue weighted by atomic mass is 79.9. The van der Waals surface area contributed by atoms with E-state index in [0.717, 1.165) is 5.33 Å². The molecule has 5 heteroatoms. The van der Waals surface area contributed by atoms with E-state index in [1.807, 2.05) is 0 Å². The number of alkyl halides is 1. The van der Waals surface area contributed by atoms with Gasteiger partial charge in [0.2, 0.25) is 5.91 Å². The molecule has 0 N–H and O–H groups in total. The predicted octanol–water partition coefficient (Wildman–Crippen LogP) is 2.96. The first-order valence-electron chi connectivity index (χ1n) is 5.21. The van der Waals surface area contributed by atoms with Crippen LogP contribution in [0.3, 0.4) is 0 Å². The van der Waals surface area contributed by atoms with E-state index in [4.69, 9.17) is 16.9 Å². The van der Waals surface area contributed by atoms with Crippen molar-refractivity contribution in [2.75, 3.05) is 16.8 Å². The van der Waals surface area contributed by atoms with E-state index in [1.54, 1.807) is 23.1 Å². The molecule has 1 saturated heterocycles. The Labute approximate surface area is 113 Å². The highest BCUT2D eigenvalue weighted by Crippen LogP contribution is 2.32. The van der Waals surface area contributed by atoms with Gasteiger partial charge in [-0.05, 0) is 24.1 Å². The van der Waals surface area contributed by atoms with Crippen molar-refractivity contribution in [1.82, 2.24) is 0 Å². The molecular weight excluding hydrogens is 304 g/mol. The zero-order chi connectivity index (χ0) is 12.4. The number of carbonyl (C=O) groups is 1. The summed E-state index contributed by atoms with van der Waals surface area (Å²) in [6.45, 7) is 0.651. The van der Waals surface area contributed by atoms with Crippen molar-refractivity contribution in [2.45, 2.75) is 6.42 Å². The molecule has 1 heterocycles. The molecule has 88 valence electrons. The van der Waals surface area contributed by atoms with Gasteiger partial charge in [-0.15, -0.1) is 0 Å². The third kappa shape index (κ3) is 2.46. The van der Waals surface area contributed by atoms with E-state index >= 15 is 0 Å². The lowest BCUT2D eigenvalue weighted by atomic mass is 10.1. The standard InChI is InChI=1S/C12H10BrClN2O/c13-5-9-4-12(17)16(7-9)11-3-8(6-15)1-2-10(11)14/h1-3,9H,4-5,7H2. The molecule has 0 aromatic heterocycles. The van der Waals surface area contributed by atoms with Gasteiger partial charge >= 0.3 is 0 Å². The van der Waals surface area contributed by atoms with Gasteiger partial charge in [-0.3, -0.25) is 4.79 Å². The van der Waals surface area contributed by atoms with Crippen molar-refractivity contribution in [3.63, 3.8) is 0 Å². The second-order valence-electron chi connectivity index (χ2n) is 4.01. The molecule has 0 radical (unpaired) electrons. The normalized spacial score (nSPS) is 19.5. The summed E-state index contributed by atoms with van der Waals surface area (Å²) >= 11 is 9.46. The minimum absolute atomic E-state index is 0.0615. The van der Waals surface area contributed by atoms with Gasteiger partial charge in [-0.25, -0.2) is 0 Å². The average molecular weight is 314 g/mol. The summed E-state index contributed by atoms with van der Waals surface area (Å²) in [5.41, 5.74) is 1.15. The van der Waals surface area contributed by atoms with Crippen molar-refractivity contribution in [1.29, 1.82) is 5.26 Å². The molecule has 0 spiro atoms. The molecule has 0 saturated carbocycles. The number of hydrogen-bond acceptors (Lipinski definition) is 2. The van der Waals surface area contributed by atoms with Gasteiger partial charge in [0.05, 0.1) is 22.3 Å². The minimum atomic E-state index is 0.0615. The maximum absolute atomic E-state index is 11.9. The Kier molecular flexibility index (Phi) is 3.70. The highest BCUT2D eigenvalue weighted by molar-refractivity contribution is 9.09. The summed E-state index contributed by atoms with van der Waals surface area (Å²) in [5, 5.41) is 10.2. The summed E-state index contributed by atoms with van der Waals surface area (Å²) in [6.07, 6.45) is 0.526. The second kappa shape index (κ2) is 5.07. The number of benzene rings is 1. The quantitative estimate of drug-likeness (QED) is 0.788. The van der Waals surface area contributed by atoms with Crippen LogP contribution in [0.5, 0.6) is 0 Å². The number of anilines is 1. The molecule has 1 aliphatic rings. The molecule has 3 nitrogen and oxygen atoms in total. The monoisotopic (exact) mass is 312 g/mol. The van der Waals surface area contributed by atoms with Crippen LogP contribution in [-0.4, -0.2) is 17.8 Å². The Hall–Kier alpha value is -1.05. The first-order valence-corrected chi connectivity index (χ1v) is 6.71. The van der Waals surface area contributed by atoms with Gasteiger partial charge in [0.1, 0.15) is 0 Å². The summed E-state index contributed by atoms with van der Waals surface area (Å²) in [6, 6.07) is 7.02. The summed E-state index contributed by atoms with van der Waals surface area (Å²) < 4.78 is 0. The molecule has 1 atom stereocenters. The van der Waals surface area contributed by atoms with Crippen LogP contribution in [0.4, 0.5) is 5.69 Å². The van der Waals surface area contributed by atoms with Crippen LogP contribution < -0.4 is 4.90 Å². The van der Waals surface area contributed by atoms with E-state index in [0.29, 0.717) is 35.2 Å². The molecule has 1 aromatic rings. The van der Waals surface area contributed by atoms with Gasteiger partial charge in [0.25, 0.3) is 0 Å². The SMILES string of the molecule is N#Cc1ccc(Cl)c(N2CC(CBr)CC2=O)c1. The number of amides is 1. The van der Waals surface area contributed by atoms with Crippen molar-refractivity contribution in [3.05, 3.63) is 28.8 Å². The van der Waals surface area contributed by atoms with E-state index in [1.165, 1.54) is 0 Å². The fourth-order valence-corrected chi connectivity index (χ4v) is 2.56. The molecule has 0 aliphatic carbocycles. The first-order chi connectivity index (χ1) is 8.15. The number of rotatable bonds is 2. The van der Waals surface area contributed by atoms with Gasteiger partial charge < -0.3 is 4.90 Å². The molecule has 17 heavy (non-hydrogen) atoms. The third-order valence-corrected chi connectivity index (χ3v) is 4.02. The molecule has 1 fully saturated rings. The Morgan fingerprint density at radius 1 is 1.59 bits per heavy atom. The van der Waals surface area contributed by atoms with Crippen molar-refractivity contribution >= 4 is 39.1 Å². The largest absolute Gasteiger partial charge is 0.311 e. The Morgan fingerprint density at radius 3 is 2.94 bits per heavy atom. The Morgan fingerprint density at radius 2 is 2.35 bits per heavy atom. The maximum atomic E-state index is 11.9. The molecular formula is C12H10BrClN2O. The van der Waals surface area contributed by atoms with E-state index in [9.17, 15) is 4.79 Å². The van der Waals surface area contributed by atoms with Crippen LogP contribution in [0, 0.1) is 17.2 Å². The molecule has 2 rings (SSSR count). The fourth-order valence-electron chi connectivity index (χ4n) is 1.91. The zero-order valence-electron chi connectivity index (χ0n) is 8.99. The van der Waals surface area contributed by atoms with Gasteiger partial charge in [-0.1, -0.05) is 27.5 Å². The maximum Gasteiger partial charge on any atom is 0.227 e. The molecule has 1 unspecified atom stereocenters. The summed E-state index contributed by atoms with van der Waals surface area (Å²) in [4.78, 5) is 13.5. The third-order valence-electron chi connectivity index (χ3n) is 2.79. The van der Waals surface area contributed by atoms with Crippen LogP contribution in [0.2, 0.25) is 5.02 Å². The molecule has 1 amide bonds. The number of carbonyl (C=O) groups excluding carboxylic acids is 1. The zero-order valence-corrected chi connectivity index (χ0v) is 11.3. The molecule has 1 aliphatic heterocycles. The number of halogens is 2. The van der Waals surface area contributed by atoms with Crippen LogP contribution in [0.25, 0.3) is 0 Å². The fraction of sp³-hybridized carbons (Fsp3) is 0.333. The van der Waals surface area contributed by atoms with Crippen LogP contribution >= 0.6 is 27.5 Å². The van der Waals surface area contributed by atoms with Gasteiger partial charge in [0.15, 0.2) is 0 Å². The second-order valence-corrected chi connectivity index (χ2v) is 5.06. The van der Waals surface area contributed by atoms with E-state index in [2.05, 4.69) is 22.0 Å². The van der Waals surface area contributed by atoms with E-state index in [-0.39, 0.29) is 5.91 Å². The summed E-state index contributed by atoms with van der Waals surface area (Å²) in [5.74, 6) is 0.371. The molecule has 1 aromatic carbocycles. The minimum Gasteiger partial charge on any atom is -0.311 e. The van der Waals surface area contributed by atoms with Crippen LogP contribution in [0.15, 0.2) is 18.2 Å². The lowest BCUT2D eigenvalue weighted by molar-refractivity contribution is -0.117. The molecule has 0 bridgehead atoms. The number of hydrogen-bond donors (Lipinski definition) is 0. The van der Waals surface area contributed by atoms with Gasteiger partial charge in [0, 0.05) is 18.3 Å². The Balaban J connectivity index is 2.34. The van der Waals surface area contributed by atoms with Gasteiger partial charge in [-0.2, -0.15) is 5.26 Å². The smallest absolute Gasteiger partial charge is 0.227 e. The van der Waals surface area contributed by atoms with Crippen molar-refractivity contribution in [3.8, 4) is 6.07 Å². The average Bonchev–Trinajstić information content (AvgIpc) is 2.71. The van der Waals surface area contributed by atoms with Crippen LogP contribution in [0.1, 0.15) is 12.0 Å². The Bertz CT molecular complexity index is 498. The van der Waals surface area contributed by atoms with Crippen molar-refractivity contribution < 1.29 is 4.79 Å². The predicted molar refractivity (Wildman–Crippen MR) is 70.4 cm³/mol. The first kappa shape index (κ1) is 12.4. The van der Waals surface area contributed by atoms with E-state index < -0.39 is 0 Å². The van der Waals surface area contributed by atoms with Crippen LogP contribution in [-0.2, 0) is 4.79 Å². The lowest BCUT2D eigenvalue weighted by Crippen LogP contribution is -2.25. The lowest BCUT2D eigenvalue weighted by Gasteiger charge is -2.18. The highest BCUT2D eigenvalue weighted by Gasteiger charge is 2.30. The summed E-state index contributed by atoms with van der Waals surface area (Å²) in [7, 11) is 0. The number of nitriles is 1.